The van der Waals surface area contributed by atoms with Crippen LogP contribution in [0.2, 0.25) is 0 Å². The highest BCUT2D eigenvalue weighted by molar-refractivity contribution is 8.16. The average Bonchev–Trinajstić information content (AvgIpc) is 2.97. The third-order valence-electron chi connectivity index (χ3n) is 4.28. The molecule has 1 aliphatic heterocycles. The van der Waals surface area contributed by atoms with Crippen molar-refractivity contribution in [3.8, 4) is 0 Å². The van der Waals surface area contributed by atoms with Gasteiger partial charge in [-0.1, -0.05) is 47.7 Å². The second kappa shape index (κ2) is 8.79. The van der Waals surface area contributed by atoms with Gasteiger partial charge in [0, 0.05) is 18.7 Å². The lowest BCUT2D eigenvalue weighted by molar-refractivity contribution is -0.128. The van der Waals surface area contributed by atoms with E-state index in [-0.39, 0.29) is 34.8 Å². The number of benzene rings is 2. The van der Waals surface area contributed by atoms with E-state index in [0.29, 0.717) is 5.69 Å². The number of nitrogens with one attached hydrogen (secondary N) is 1. The summed E-state index contributed by atoms with van der Waals surface area (Å²) in [6.07, 6.45) is -0.0711. The number of thioether (sulfide) groups is 1. The van der Waals surface area contributed by atoms with Gasteiger partial charge in [-0.2, -0.15) is 8.42 Å². The number of sulfonamides is 1. The van der Waals surface area contributed by atoms with Crippen molar-refractivity contribution >= 4 is 44.5 Å². The molecular formula is C20H21N3O4S2. The molecule has 3 rings (SSSR count). The highest BCUT2D eigenvalue weighted by atomic mass is 32.2. The number of anilines is 1. The first-order chi connectivity index (χ1) is 13.8. The van der Waals surface area contributed by atoms with Crippen LogP contribution in [-0.2, 0) is 19.6 Å². The van der Waals surface area contributed by atoms with Crippen LogP contribution in [-0.4, -0.2) is 42.1 Å². The zero-order valence-corrected chi connectivity index (χ0v) is 17.7. The Labute approximate surface area is 174 Å². The largest absolute Gasteiger partial charge is 0.326 e. The minimum absolute atomic E-state index is 0.0529. The Hall–Kier alpha value is -2.65. The Kier molecular flexibility index (Phi) is 6.39. The third kappa shape index (κ3) is 5.04. The molecule has 2 aromatic carbocycles. The number of nitrogens with zero attached hydrogens (tertiary/aromatic N) is 2. The normalized spacial score (nSPS) is 18.3. The maximum absolute atomic E-state index is 12.7. The molecule has 7 nitrogen and oxygen atoms in total. The predicted molar refractivity (Wildman–Crippen MR) is 114 cm³/mol. The molecule has 0 radical (unpaired) electrons. The minimum atomic E-state index is -3.94. The second-order valence-electron chi connectivity index (χ2n) is 6.47. The Morgan fingerprint density at radius 3 is 2.41 bits per heavy atom. The summed E-state index contributed by atoms with van der Waals surface area (Å²) in [5.74, 6) is -0.638. The Morgan fingerprint density at radius 2 is 1.79 bits per heavy atom. The lowest BCUT2D eigenvalue weighted by atomic mass is 10.2. The number of aryl methyl sites for hydroxylation is 1. The number of amides is 2. The molecule has 9 heteroatoms. The van der Waals surface area contributed by atoms with Gasteiger partial charge in [0.25, 0.3) is 10.0 Å². The van der Waals surface area contributed by atoms with E-state index in [1.807, 2.05) is 19.1 Å². The van der Waals surface area contributed by atoms with Gasteiger partial charge in [-0.25, -0.2) is 0 Å². The van der Waals surface area contributed by atoms with Gasteiger partial charge in [0.1, 0.15) is 5.25 Å². The first-order valence-electron chi connectivity index (χ1n) is 9.04. The maximum atomic E-state index is 12.7. The fraction of sp³-hybridized carbons (Fsp3) is 0.250. The first-order valence-corrected chi connectivity index (χ1v) is 11.4. The fourth-order valence-corrected chi connectivity index (χ4v) is 5.21. The quantitative estimate of drug-likeness (QED) is 0.758. The average molecular weight is 432 g/mol. The molecule has 0 spiro atoms. The molecule has 0 saturated carbocycles. The van der Waals surface area contributed by atoms with Crippen molar-refractivity contribution in [3.63, 3.8) is 0 Å². The van der Waals surface area contributed by atoms with Crippen LogP contribution in [0, 0.1) is 6.92 Å². The van der Waals surface area contributed by atoms with Gasteiger partial charge in [0.2, 0.25) is 11.8 Å². The van der Waals surface area contributed by atoms with Crippen molar-refractivity contribution in [1.82, 2.24) is 4.90 Å². The van der Waals surface area contributed by atoms with Crippen LogP contribution >= 0.6 is 11.8 Å². The van der Waals surface area contributed by atoms with E-state index >= 15 is 0 Å². The molecule has 2 amide bonds. The number of rotatable bonds is 6. The van der Waals surface area contributed by atoms with Gasteiger partial charge < -0.3 is 5.32 Å². The molecule has 152 valence electrons. The molecule has 0 bridgehead atoms. The number of carbonyl (C=O) groups is 2. The summed E-state index contributed by atoms with van der Waals surface area (Å²) in [7, 11) is -3.94. The maximum Gasteiger partial charge on any atom is 0.284 e. The minimum Gasteiger partial charge on any atom is -0.326 e. The number of hydrogen-bond acceptors (Lipinski definition) is 5. The van der Waals surface area contributed by atoms with Gasteiger partial charge >= 0.3 is 0 Å². The molecule has 0 aliphatic carbocycles. The smallest absolute Gasteiger partial charge is 0.284 e. The fourth-order valence-electron chi connectivity index (χ4n) is 2.77. The van der Waals surface area contributed by atoms with Crippen LogP contribution in [0.5, 0.6) is 0 Å². The van der Waals surface area contributed by atoms with Crippen molar-refractivity contribution in [2.24, 2.45) is 4.40 Å². The van der Waals surface area contributed by atoms with Crippen LogP contribution < -0.4 is 5.32 Å². The SMILES string of the molecule is CCN1C(=O)C(CC(=O)Nc2ccc(C)cc2)S/C1=N\S(=O)(=O)c1ccccc1. The molecule has 0 aromatic heterocycles. The Bertz CT molecular complexity index is 1040. The van der Waals surface area contributed by atoms with E-state index in [9.17, 15) is 18.0 Å². The summed E-state index contributed by atoms with van der Waals surface area (Å²) in [6.45, 7) is 3.95. The van der Waals surface area contributed by atoms with Crippen molar-refractivity contribution in [3.05, 3.63) is 60.2 Å². The van der Waals surface area contributed by atoms with Gasteiger partial charge in [-0.3, -0.25) is 14.5 Å². The molecule has 1 fully saturated rings. The van der Waals surface area contributed by atoms with E-state index in [1.54, 1.807) is 37.3 Å². The van der Waals surface area contributed by atoms with E-state index in [1.165, 1.54) is 17.0 Å². The van der Waals surface area contributed by atoms with Crippen LogP contribution in [0.4, 0.5) is 5.69 Å². The van der Waals surface area contributed by atoms with E-state index in [0.717, 1.165) is 17.3 Å². The second-order valence-corrected chi connectivity index (χ2v) is 9.24. The highest BCUT2D eigenvalue weighted by Crippen LogP contribution is 2.31. The van der Waals surface area contributed by atoms with Crippen LogP contribution in [0.3, 0.4) is 0 Å². The number of amidine groups is 1. The van der Waals surface area contributed by atoms with Crippen LogP contribution in [0.25, 0.3) is 0 Å². The van der Waals surface area contributed by atoms with Gasteiger partial charge in [0.15, 0.2) is 5.17 Å². The van der Waals surface area contributed by atoms with Crippen molar-refractivity contribution in [1.29, 1.82) is 0 Å². The van der Waals surface area contributed by atoms with E-state index < -0.39 is 15.3 Å². The first kappa shape index (κ1) is 21.1. The summed E-state index contributed by atoms with van der Waals surface area (Å²) >= 11 is 1.00. The molecule has 1 N–H and O–H groups in total. The van der Waals surface area contributed by atoms with Crippen LogP contribution in [0.15, 0.2) is 63.9 Å². The van der Waals surface area contributed by atoms with Crippen molar-refractivity contribution in [2.45, 2.75) is 30.4 Å². The summed E-state index contributed by atoms with van der Waals surface area (Å²) in [6, 6.07) is 15.1. The monoisotopic (exact) mass is 431 g/mol. The molecule has 29 heavy (non-hydrogen) atoms. The highest BCUT2D eigenvalue weighted by Gasteiger charge is 2.39. The van der Waals surface area contributed by atoms with E-state index in [4.69, 9.17) is 0 Å². The molecule has 2 aromatic rings. The van der Waals surface area contributed by atoms with Gasteiger partial charge in [-0.15, -0.1) is 4.40 Å². The van der Waals surface area contributed by atoms with Crippen molar-refractivity contribution < 1.29 is 18.0 Å². The number of carbonyl (C=O) groups excluding carboxylic acids is 2. The predicted octanol–water partition coefficient (Wildman–Crippen LogP) is 3.03. The summed E-state index contributed by atoms with van der Waals surface area (Å²) in [4.78, 5) is 26.4. The number of hydrogen-bond donors (Lipinski definition) is 1. The standard InChI is InChI=1S/C20H21N3O4S2/c1-3-23-19(25)17(13-18(24)21-15-11-9-14(2)10-12-15)28-20(23)22-29(26,27)16-7-5-4-6-8-16/h4-12,17H,3,13H2,1-2H3,(H,21,24)/b22-20-. The van der Waals surface area contributed by atoms with Gasteiger partial charge in [0.05, 0.1) is 4.90 Å². The molecule has 1 atom stereocenters. The molecule has 1 heterocycles. The summed E-state index contributed by atoms with van der Waals surface area (Å²) in [5, 5.41) is 2.13. The molecule has 1 aliphatic rings. The summed E-state index contributed by atoms with van der Waals surface area (Å²) in [5.41, 5.74) is 1.72. The Balaban J connectivity index is 1.74. The van der Waals surface area contributed by atoms with Crippen molar-refractivity contribution in [2.75, 3.05) is 11.9 Å². The topological polar surface area (TPSA) is 95.9 Å². The zero-order valence-electron chi connectivity index (χ0n) is 16.0. The lowest BCUT2D eigenvalue weighted by Gasteiger charge is -2.13. The lowest BCUT2D eigenvalue weighted by Crippen LogP contribution is -2.33. The summed E-state index contributed by atoms with van der Waals surface area (Å²) < 4.78 is 28.9. The van der Waals surface area contributed by atoms with Gasteiger partial charge in [-0.05, 0) is 38.1 Å². The van der Waals surface area contributed by atoms with E-state index in [2.05, 4.69) is 9.71 Å². The van der Waals surface area contributed by atoms with Crippen LogP contribution in [0.1, 0.15) is 18.9 Å². The Morgan fingerprint density at radius 1 is 1.14 bits per heavy atom. The molecule has 1 saturated heterocycles. The zero-order chi connectivity index (χ0) is 21.0. The molecular weight excluding hydrogens is 410 g/mol. The molecule has 1 unspecified atom stereocenters. The third-order valence-corrected chi connectivity index (χ3v) is 6.85.